The predicted octanol–water partition coefficient (Wildman–Crippen LogP) is 5.52. The first-order valence-electron chi connectivity index (χ1n) is 13.9. The molecule has 0 bridgehead atoms. The molecule has 0 atom stereocenters. The third-order valence-corrected chi connectivity index (χ3v) is 7.67. The molecule has 40 heavy (non-hydrogen) atoms. The lowest BCUT2D eigenvalue weighted by molar-refractivity contribution is 0.0920. The Bertz CT molecular complexity index is 1300. The van der Waals surface area contributed by atoms with E-state index in [1.165, 1.54) is 0 Å². The summed E-state index contributed by atoms with van der Waals surface area (Å²) in [5, 5.41) is 8.94. The van der Waals surface area contributed by atoms with Crippen LogP contribution in [0.15, 0.2) is 18.2 Å². The zero-order chi connectivity index (χ0) is 29.4. The number of carbonyl (C=O) groups is 1. The van der Waals surface area contributed by atoms with E-state index in [1.807, 2.05) is 32.9 Å². The monoisotopic (exact) mass is 555 g/mol. The molecule has 0 aliphatic carbocycles. The van der Waals surface area contributed by atoms with Gasteiger partial charge in [-0.1, -0.05) is 20.8 Å². The second-order valence-electron chi connectivity index (χ2n) is 11.6. The van der Waals surface area contributed by atoms with Crippen LogP contribution in [0.3, 0.4) is 0 Å². The molecule has 2 aromatic carbocycles. The molecule has 1 fully saturated rings. The molecule has 0 saturated carbocycles. The van der Waals surface area contributed by atoms with Crippen LogP contribution in [-0.4, -0.2) is 69.7 Å². The zero-order valence-corrected chi connectivity index (χ0v) is 25.0. The third kappa shape index (κ3) is 5.23. The van der Waals surface area contributed by atoms with Gasteiger partial charge >= 0.3 is 0 Å². The molecular formula is C31H42FN3O5. The molecule has 2 aliphatic heterocycles. The summed E-state index contributed by atoms with van der Waals surface area (Å²) in [6.07, 6.45) is 0. The number of carbonyl (C=O) groups excluding carboxylic acids is 1. The van der Waals surface area contributed by atoms with Crippen LogP contribution >= 0.6 is 0 Å². The van der Waals surface area contributed by atoms with E-state index < -0.39 is 11.4 Å². The molecule has 0 radical (unpaired) electrons. The molecular weight excluding hydrogens is 513 g/mol. The molecule has 4 rings (SSSR count). The fraction of sp³-hybridized carbons (Fsp3) is 0.548. The fourth-order valence-electron chi connectivity index (χ4n) is 5.52. The first kappa shape index (κ1) is 29.6. The quantitative estimate of drug-likeness (QED) is 0.408. The van der Waals surface area contributed by atoms with Gasteiger partial charge in [0.1, 0.15) is 11.6 Å². The van der Waals surface area contributed by atoms with Crippen LogP contribution in [0.25, 0.3) is 0 Å². The highest BCUT2D eigenvalue weighted by molar-refractivity contribution is 6.07. The maximum Gasteiger partial charge on any atom is 0.197 e. The Morgan fingerprint density at radius 3 is 2.30 bits per heavy atom. The summed E-state index contributed by atoms with van der Waals surface area (Å²) in [5.41, 5.74) is 1.93. The normalized spacial score (nSPS) is 16.7. The Kier molecular flexibility index (Phi) is 8.36. The molecule has 2 aliphatic rings. The highest BCUT2D eigenvalue weighted by Crippen LogP contribution is 2.46. The minimum Gasteiger partial charge on any atom is -0.494 e. The van der Waals surface area contributed by atoms with Crippen molar-refractivity contribution in [1.29, 1.82) is 5.41 Å². The summed E-state index contributed by atoms with van der Waals surface area (Å²) in [7, 11) is 1.66. The number of rotatable bonds is 9. The van der Waals surface area contributed by atoms with Gasteiger partial charge in [-0.25, -0.2) is 4.39 Å². The number of methoxy groups -OCH3 is 1. The van der Waals surface area contributed by atoms with E-state index in [0.29, 0.717) is 49.8 Å². The average Bonchev–Trinajstić information content (AvgIpc) is 3.10. The van der Waals surface area contributed by atoms with Crippen molar-refractivity contribution in [3.05, 3.63) is 46.3 Å². The van der Waals surface area contributed by atoms with Crippen LogP contribution < -0.4 is 19.1 Å². The Balaban J connectivity index is 1.75. The second-order valence-corrected chi connectivity index (χ2v) is 11.6. The minimum absolute atomic E-state index is 0.00282. The predicted molar refractivity (Wildman–Crippen MR) is 154 cm³/mol. The second kappa shape index (κ2) is 11.3. The number of hydrogen-bond acceptors (Lipinski definition) is 7. The average molecular weight is 556 g/mol. The lowest BCUT2D eigenvalue weighted by Gasteiger charge is -2.35. The summed E-state index contributed by atoms with van der Waals surface area (Å²) < 4.78 is 38.5. The molecule has 0 aromatic heterocycles. The van der Waals surface area contributed by atoms with Gasteiger partial charge in [0.15, 0.2) is 23.1 Å². The summed E-state index contributed by atoms with van der Waals surface area (Å²) in [5.74, 6) is 0.203. The molecule has 0 amide bonds. The van der Waals surface area contributed by atoms with Crippen LogP contribution in [0.2, 0.25) is 0 Å². The van der Waals surface area contributed by atoms with Gasteiger partial charge in [-0.2, -0.15) is 0 Å². The van der Waals surface area contributed by atoms with Gasteiger partial charge in [0.25, 0.3) is 0 Å². The maximum absolute atomic E-state index is 15.8. The minimum atomic E-state index is -0.828. The summed E-state index contributed by atoms with van der Waals surface area (Å²) >= 11 is 0. The lowest BCUT2D eigenvalue weighted by atomic mass is 9.84. The Morgan fingerprint density at radius 2 is 1.73 bits per heavy atom. The van der Waals surface area contributed by atoms with Gasteiger partial charge in [0, 0.05) is 24.2 Å². The molecule has 0 unspecified atom stereocenters. The highest BCUT2D eigenvalue weighted by atomic mass is 19.1. The number of fused-ring (bicyclic) bond motifs is 1. The van der Waals surface area contributed by atoms with Gasteiger partial charge in [0.05, 0.1) is 56.9 Å². The SMILES string of the molecule is CCOc1cc2c(c(F)c1OCC)C(=N)N(CC(=O)c1cc(N3CCOCC3)c(OC)c(C(C)(C)C)c1)C2(C)C. The van der Waals surface area contributed by atoms with Crippen LogP contribution in [0.5, 0.6) is 17.2 Å². The zero-order valence-electron chi connectivity index (χ0n) is 25.0. The van der Waals surface area contributed by atoms with Crippen LogP contribution in [0, 0.1) is 11.2 Å². The van der Waals surface area contributed by atoms with Crippen molar-refractivity contribution >= 4 is 17.3 Å². The van der Waals surface area contributed by atoms with Gasteiger partial charge < -0.3 is 28.7 Å². The standard InChI is InChI=1S/C31H42FN3O5/c1-9-39-24-17-20-25(26(32)28(24)40-10-2)29(33)35(31(20,6)7)18-23(36)19-15-21(30(3,4)5)27(37-8)22(16-19)34-11-13-38-14-12-34/h15-17,33H,9-14,18H2,1-8H3. The van der Waals surface area contributed by atoms with Crippen LogP contribution in [0.4, 0.5) is 10.1 Å². The van der Waals surface area contributed by atoms with Crippen molar-refractivity contribution < 1.29 is 28.1 Å². The van der Waals surface area contributed by atoms with Crippen molar-refractivity contribution in [3.8, 4) is 17.2 Å². The Hall–Kier alpha value is -3.33. The Morgan fingerprint density at radius 1 is 1.07 bits per heavy atom. The number of ketones is 1. The number of hydrogen-bond donors (Lipinski definition) is 1. The fourth-order valence-corrected chi connectivity index (χ4v) is 5.52. The Labute approximate surface area is 236 Å². The number of anilines is 1. The summed E-state index contributed by atoms with van der Waals surface area (Å²) in [6, 6.07) is 5.52. The molecule has 1 saturated heterocycles. The lowest BCUT2D eigenvalue weighted by Crippen LogP contribution is -2.42. The van der Waals surface area contributed by atoms with Crippen LogP contribution in [-0.2, 0) is 15.7 Å². The largest absolute Gasteiger partial charge is 0.494 e. The number of nitrogens with one attached hydrogen (secondary N) is 1. The molecule has 2 aromatic rings. The number of morpholine rings is 1. The summed E-state index contributed by atoms with van der Waals surface area (Å²) in [4.78, 5) is 17.8. The number of ether oxygens (including phenoxy) is 4. The van der Waals surface area contributed by atoms with E-state index in [4.69, 9.17) is 24.4 Å². The number of amidine groups is 1. The van der Waals surface area contributed by atoms with Crippen molar-refractivity contribution in [2.75, 3.05) is 58.1 Å². The van der Waals surface area contributed by atoms with E-state index in [1.54, 1.807) is 25.0 Å². The first-order valence-corrected chi connectivity index (χ1v) is 13.9. The molecule has 2 heterocycles. The molecule has 0 spiro atoms. The number of halogens is 1. The third-order valence-electron chi connectivity index (χ3n) is 7.67. The molecule has 8 nitrogen and oxygen atoms in total. The van der Waals surface area contributed by atoms with Crippen LogP contribution in [0.1, 0.15) is 75.5 Å². The van der Waals surface area contributed by atoms with Crippen molar-refractivity contribution in [3.63, 3.8) is 0 Å². The molecule has 218 valence electrons. The number of nitrogens with zero attached hydrogens (tertiary/aromatic N) is 2. The van der Waals surface area contributed by atoms with Gasteiger partial charge in [0.2, 0.25) is 0 Å². The van der Waals surface area contributed by atoms with Crippen molar-refractivity contribution in [2.24, 2.45) is 0 Å². The highest BCUT2D eigenvalue weighted by Gasteiger charge is 2.45. The van der Waals surface area contributed by atoms with Gasteiger partial charge in [-0.05, 0) is 56.9 Å². The summed E-state index contributed by atoms with van der Waals surface area (Å²) in [6.45, 7) is 16.8. The van der Waals surface area contributed by atoms with E-state index in [-0.39, 0.29) is 41.5 Å². The maximum atomic E-state index is 15.8. The smallest absolute Gasteiger partial charge is 0.197 e. The van der Waals surface area contributed by atoms with Crippen molar-refractivity contribution in [1.82, 2.24) is 4.90 Å². The number of Topliss-reactive ketones (excluding diaryl/α,β-unsaturated/α-hetero) is 1. The van der Waals surface area contributed by atoms with Gasteiger partial charge in [-0.3, -0.25) is 10.2 Å². The molecule has 1 N–H and O–H groups in total. The number of benzene rings is 2. The first-order chi connectivity index (χ1) is 18.9. The van der Waals surface area contributed by atoms with E-state index in [0.717, 1.165) is 17.0 Å². The topological polar surface area (TPSA) is 84.3 Å². The van der Waals surface area contributed by atoms with E-state index in [2.05, 4.69) is 25.7 Å². The van der Waals surface area contributed by atoms with Crippen molar-refractivity contribution in [2.45, 2.75) is 59.4 Å². The molecule has 9 heteroatoms. The van der Waals surface area contributed by atoms with E-state index in [9.17, 15) is 4.79 Å². The van der Waals surface area contributed by atoms with Gasteiger partial charge in [-0.15, -0.1) is 0 Å². The van der Waals surface area contributed by atoms with E-state index >= 15 is 4.39 Å².